The quantitative estimate of drug-likeness (QED) is 0.689. The second-order valence-electron chi connectivity index (χ2n) is 7.24. The molecule has 1 amide bonds. The molecule has 3 atom stereocenters. The third-order valence-corrected chi connectivity index (χ3v) is 4.90. The van der Waals surface area contributed by atoms with Gasteiger partial charge in [-0.25, -0.2) is 9.78 Å². The fraction of sp³-hybridized carbons (Fsp3) is 0.364. The number of hydrogen-bond donors (Lipinski definition) is 2. The van der Waals surface area contributed by atoms with Crippen molar-refractivity contribution in [3.63, 3.8) is 0 Å². The fourth-order valence-corrected chi connectivity index (χ4v) is 3.34. The predicted molar refractivity (Wildman–Crippen MR) is 108 cm³/mol. The summed E-state index contributed by atoms with van der Waals surface area (Å²) < 4.78 is 15.7. The van der Waals surface area contributed by atoms with Gasteiger partial charge in [-0.15, -0.1) is 0 Å². The minimum atomic E-state index is -1.25. The number of amides is 1. The molecule has 0 bridgehead atoms. The highest BCUT2D eigenvalue weighted by Crippen LogP contribution is 2.27. The monoisotopic (exact) mass is 428 g/mol. The molecule has 2 N–H and O–H groups in total. The minimum absolute atomic E-state index is 0.0565. The van der Waals surface area contributed by atoms with Crippen molar-refractivity contribution >= 4 is 17.8 Å². The smallest absolute Gasteiger partial charge is 0.332 e. The van der Waals surface area contributed by atoms with E-state index in [0.717, 1.165) is 5.56 Å². The van der Waals surface area contributed by atoms with Crippen molar-refractivity contribution < 1.29 is 33.7 Å². The summed E-state index contributed by atoms with van der Waals surface area (Å²) in [6, 6.07) is 9.61. The lowest BCUT2D eigenvalue weighted by molar-refractivity contribution is -0.152. The van der Waals surface area contributed by atoms with Crippen LogP contribution in [-0.4, -0.2) is 53.8 Å². The Labute approximate surface area is 179 Å². The van der Waals surface area contributed by atoms with E-state index in [1.165, 1.54) is 19.4 Å². The van der Waals surface area contributed by atoms with Gasteiger partial charge in [0.2, 0.25) is 0 Å². The van der Waals surface area contributed by atoms with E-state index in [2.05, 4.69) is 10.3 Å². The number of esters is 2. The normalized spacial score (nSPS) is 21.7. The van der Waals surface area contributed by atoms with Gasteiger partial charge in [0.25, 0.3) is 5.91 Å². The summed E-state index contributed by atoms with van der Waals surface area (Å²) in [6.07, 6.45) is 1.46. The van der Waals surface area contributed by atoms with E-state index in [1.807, 2.05) is 30.3 Å². The van der Waals surface area contributed by atoms with Crippen LogP contribution >= 0.6 is 0 Å². The van der Waals surface area contributed by atoms with Gasteiger partial charge in [0, 0.05) is 12.3 Å². The van der Waals surface area contributed by atoms with Gasteiger partial charge in [0.15, 0.2) is 23.2 Å². The molecule has 0 spiro atoms. The number of methoxy groups -OCH3 is 1. The Kier molecular flexibility index (Phi) is 7.07. The Hall–Kier alpha value is -3.62. The van der Waals surface area contributed by atoms with Crippen molar-refractivity contribution in [2.45, 2.75) is 31.9 Å². The number of pyridine rings is 1. The van der Waals surface area contributed by atoms with Crippen LogP contribution < -0.4 is 10.1 Å². The number of aromatic hydroxyl groups is 1. The van der Waals surface area contributed by atoms with Crippen molar-refractivity contribution in [1.82, 2.24) is 10.3 Å². The van der Waals surface area contributed by atoms with E-state index in [1.54, 1.807) is 6.92 Å². The Morgan fingerprint density at radius 1 is 1.23 bits per heavy atom. The van der Waals surface area contributed by atoms with Crippen molar-refractivity contribution in [3.05, 3.63) is 53.9 Å². The first kappa shape index (κ1) is 22.1. The standard InChI is InChI=1S/C22H24N2O7/c1-13-10-15(11-14-6-4-3-5-7-14)21(27)30-12-16(22(28)31-13)24-20(26)18-19(25)17(29-2)8-9-23-18/h3-9,13,15-16,25H,10-12H2,1-2H3,(H,24,26)/t13?,15?,16-/m0/s1. The van der Waals surface area contributed by atoms with Crippen LogP contribution in [0.5, 0.6) is 11.5 Å². The Morgan fingerprint density at radius 2 is 1.97 bits per heavy atom. The van der Waals surface area contributed by atoms with Crippen LogP contribution in [0.1, 0.15) is 29.4 Å². The number of nitrogens with zero attached hydrogens (tertiary/aromatic N) is 1. The van der Waals surface area contributed by atoms with Gasteiger partial charge >= 0.3 is 11.9 Å². The Morgan fingerprint density at radius 3 is 2.68 bits per heavy atom. The maximum Gasteiger partial charge on any atom is 0.332 e. The average Bonchev–Trinajstić information content (AvgIpc) is 2.80. The predicted octanol–water partition coefficient (Wildman–Crippen LogP) is 1.63. The van der Waals surface area contributed by atoms with E-state index >= 15 is 0 Å². The third-order valence-electron chi connectivity index (χ3n) is 4.90. The molecular weight excluding hydrogens is 404 g/mol. The molecule has 1 aromatic heterocycles. The van der Waals surface area contributed by atoms with Crippen LogP contribution in [-0.2, 0) is 25.5 Å². The number of nitrogens with one attached hydrogen (secondary N) is 1. The zero-order chi connectivity index (χ0) is 22.4. The highest BCUT2D eigenvalue weighted by Gasteiger charge is 2.33. The number of hydrogen-bond acceptors (Lipinski definition) is 8. The number of rotatable bonds is 5. The van der Waals surface area contributed by atoms with Gasteiger partial charge < -0.3 is 24.6 Å². The average molecular weight is 428 g/mol. The summed E-state index contributed by atoms with van der Waals surface area (Å²) in [6.45, 7) is 1.29. The molecule has 1 aromatic carbocycles. The molecule has 3 rings (SSSR count). The second kappa shape index (κ2) is 9.92. The van der Waals surface area contributed by atoms with E-state index in [9.17, 15) is 19.5 Å². The highest BCUT2D eigenvalue weighted by molar-refractivity contribution is 5.98. The molecule has 1 aliphatic rings. The first-order valence-electron chi connectivity index (χ1n) is 9.83. The Balaban J connectivity index is 1.73. The molecule has 0 saturated carbocycles. The van der Waals surface area contributed by atoms with Gasteiger partial charge in [-0.05, 0) is 25.3 Å². The van der Waals surface area contributed by atoms with Gasteiger partial charge in [-0.2, -0.15) is 0 Å². The first-order chi connectivity index (χ1) is 14.9. The van der Waals surface area contributed by atoms with Crippen LogP contribution in [0, 0.1) is 5.92 Å². The molecule has 0 aliphatic carbocycles. The van der Waals surface area contributed by atoms with Gasteiger partial charge in [-0.3, -0.25) is 9.59 Å². The van der Waals surface area contributed by atoms with Crippen molar-refractivity contribution in [1.29, 1.82) is 0 Å². The summed E-state index contributed by atoms with van der Waals surface area (Å²) in [7, 11) is 1.33. The van der Waals surface area contributed by atoms with Crippen LogP contribution in [0.15, 0.2) is 42.6 Å². The van der Waals surface area contributed by atoms with Crippen molar-refractivity contribution in [3.8, 4) is 11.5 Å². The number of cyclic esters (lactones) is 2. The molecule has 0 radical (unpaired) electrons. The van der Waals surface area contributed by atoms with E-state index in [4.69, 9.17) is 14.2 Å². The number of ether oxygens (including phenoxy) is 3. The first-order valence-corrected chi connectivity index (χ1v) is 9.83. The summed E-state index contributed by atoms with van der Waals surface area (Å²) in [5, 5.41) is 12.5. The van der Waals surface area contributed by atoms with Gasteiger partial charge in [0.1, 0.15) is 6.61 Å². The lowest BCUT2D eigenvalue weighted by Gasteiger charge is -2.18. The summed E-state index contributed by atoms with van der Waals surface area (Å²) in [5.41, 5.74) is 0.639. The molecule has 9 nitrogen and oxygen atoms in total. The minimum Gasteiger partial charge on any atom is -0.503 e. The number of carbonyl (C=O) groups is 3. The largest absolute Gasteiger partial charge is 0.503 e. The van der Waals surface area contributed by atoms with Crippen LogP contribution in [0.2, 0.25) is 0 Å². The summed E-state index contributed by atoms with van der Waals surface area (Å²) in [5.74, 6) is -2.95. The summed E-state index contributed by atoms with van der Waals surface area (Å²) >= 11 is 0. The molecular formula is C22H24N2O7. The van der Waals surface area contributed by atoms with Crippen molar-refractivity contribution in [2.24, 2.45) is 5.92 Å². The lowest BCUT2D eigenvalue weighted by Crippen LogP contribution is -2.46. The molecule has 1 saturated heterocycles. The van der Waals surface area contributed by atoms with E-state index in [0.29, 0.717) is 12.8 Å². The summed E-state index contributed by atoms with van der Waals surface area (Å²) in [4.78, 5) is 41.6. The second-order valence-corrected chi connectivity index (χ2v) is 7.24. The fourth-order valence-electron chi connectivity index (χ4n) is 3.34. The maximum atomic E-state index is 12.6. The molecule has 2 heterocycles. The molecule has 2 unspecified atom stereocenters. The van der Waals surface area contributed by atoms with Crippen LogP contribution in [0.4, 0.5) is 0 Å². The number of carbonyl (C=O) groups excluding carboxylic acids is 3. The Bertz CT molecular complexity index is 948. The zero-order valence-electron chi connectivity index (χ0n) is 17.2. The zero-order valence-corrected chi connectivity index (χ0v) is 17.2. The number of benzene rings is 1. The van der Waals surface area contributed by atoms with E-state index < -0.39 is 48.3 Å². The van der Waals surface area contributed by atoms with Gasteiger partial charge in [0.05, 0.1) is 19.1 Å². The SMILES string of the molecule is COc1ccnc(C(=O)N[C@H]2COC(=O)C(Cc3ccccc3)CC(C)OC2=O)c1O. The maximum absolute atomic E-state index is 12.6. The number of aromatic nitrogens is 1. The molecule has 1 aliphatic heterocycles. The topological polar surface area (TPSA) is 124 Å². The van der Waals surface area contributed by atoms with Crippen molar-refractivity contribution in [2.75, 3.05) is 13.7 Å². The van der Waals surface area contributed by atoms with Crippen LogP contribution in [0.25, 0.3) is 0 Å². The third kappa shape index (κ3) is 5.50. The molecule has 2 aromatic rings. The van der Waals surface area contributed by atoms with E-state index in [-0.39, 0.29) is 11.4 Å². The molecule has 1 fully saturated rings. The van der Waals surface area contributed by atoms with Crippen LogP contribution in [0.3, 0.4) is 0 Å². The molecule has 164 valence electrons. The lowest BCUT2D eigenvalue weighted by atomic mass is 9.94. The molecule has 31 heavy (non-hydrogen) atoms. The highest BCUT2D eigenvalue weighted by atomic mass is 16.6. The molecule has 9 heteroatoms. The van der Waals surface area contributed by atoms with Gasteiger partial charge in [-0.1, -0.05) is 30.3 Å².